The Bertz CT molecular complexity index is 676. The zero-order valence-corrected chi connectivity index (χ0v) is 18.0. The molecule has 29 heavy (non-hydrogen) atoms. The van der Waals surface area contributed by atoms with Gasteiger partial charge >= 0.3 is 0 Å². The van der Waals surface area contributed by atoms with E-state index in [4.69, 9.17) is 18.9 Å². The molecule has 1 amide bonds. The molecule has 1 aliphatic heterocycles. The molecule has 2 rings (SSSR count). The molecule has 0 saturated heterocycles. The normalized spacial score (nSPS) is 14.2. The van der Waals surface area contributed by atoms with Gasteiger partial charge in [0.05, 0.1) is 32.3 Å². The number of nitrogens with zero attached hydrogens (tertiary/aromatic N) is 1. The second-order valence-corrected chi connectivity index (χ2v) is 7.00. The molecule has 0 aromatic heterocycles. The van der Waals surface area contributed by atoms with Gasteiger partial charge in [0, 0.05) is 12.7 Å². The van der Waals surface area contributed by atoms with Crippen molar-refractivity contribution in [1.82, 2.24) is 5.32 Å². The molecule has 2 N–H and O–H groups in total. The third-order valence-electron chi connectivity index (χ3n) is 4.87. The third-order valence-corrected chi connectivity index (χ3v) is 4.87. The number of amides is 1. The van der Waals surface area contributed by atoms with Crippen molar-refractivity contribution in [1.29, 1.82) is 0 Å². The Balaban J connectivity index is 1.96. The average Bonchev–Trinajstić information content (AvgIpc) is 3.19. The van der Waals surface area contributed by atoms with Gasteiger partial charge in [0.2, 0.25) is 6.79 Å². The van der Waals surface area contributed by atoms with Gasteiger partial charge in [-0.25, -0.2) is 4.99 Å². The van der Waals surface area contributed by atoms with Crippen LogP contribution < -0.4 is 19.7 Å². The summed E-state index contributed by atoms with van der Waals surface area (Å²) in [7, 11) is 1.60. The first kappa shape index (κ1) is 23.0. The van der Waals surface area contributed by atoms with Crippen molar-refractivity contribution in [3.63, 3.8) is 0 Å². The molecule has 0 bridgehead atoms. The lowest BCUT2D eigenvalue weighted by Crippen LogP contribution is -3.11. The quantitative estimate of drug-likeness (QED) is 0.327. The first-order valence-electron chi connectivity index (χ1n) is 10.3. The van der Waals surface area contributed by atoms with Crippen LogP contribution >= 0.6 is 0 Å². The highest BCUT2D eigenvalue weighted by atomic mass is 16.7. The average molecular weight is 409 g/mol. The summed E-state index contributed by atoms with van der Waals surface area (Å²) in [6, 6.07) is 5.32. The Hall–Kier alpha value is -2.32. The standard InChI is InChI=1S/C21H33N3O5/c1-5-24(6-2)11-7-8-16(3)22-21(27-13-12-26-4)23-20(25)17-9-10-18-19(14-17)29-15-28-18/h9-10,14,16H,5-8,11-13,15H2,1-4H3,(H,22,23,25)/p+1/t16-/m0/s1. The van der Waals surface area contributed by atoms with Crippen LogP contribution in [0.2, 0.25) is 0 Å². The monoisotopic (exact) mass is 408 g/mol. The lowest BCUT2D eigenvalue weighted by molar-refractivity contribution is -0.896. The number of carbonyl (C=O) groups excluding carboxylic acids is 1. The van der Waals surface area contributed by atoms with Crippen molar-refractivity contribution in [2.75, 3.05) is 46.8 Å². The molecule has 8 nitrogen and oxygen atoms in total. The fourth-order valence-electron chi connectivity index (χ4n) is 3.05. The largest absolute Gasteiger partial charge is 0.463 e. The minimum atomic E-state index is -0.306. The maximum Gasteiger partial charge on any atom is 0.292 e. The number of ether oxygens (including phenoxy) is 4. The third kappa shape index (κ3) is 7.55. The summed E-state index contributed by atoms with van der Waals surface area (Å²) in [6.45, 7) is 10.7. The molecule has 1 atom stereocenters. The van der Waals surface area contributed by atoms with E-state index in [0.717, 1.165) is 32.5 Å². The van der Waals surface area contributed by atoms with Crippen LogP contribution in [0.25, 0.3) is 0 Å². The fraction of sp³-hybridized carbons (Fsp3) is 0.619. The van der Waals surface area contributed by atoms with Crippen LogP contribution in [-0.2, 0) is 9.47 Å². The predicted octanol–water partition coefficient (Wildman–Crippen LogP) is 1.26. The molecule has 0 aliphatic carbocycles. The van der Waals surface area contributed by atoms with Gasteiger partial charge in [-0.1, -0.05) is 0 Å². The summed E-state index contributed by atoms with van der Waals surface area (Å²) in [5.41, 5.74) is 0.454. The number of methoxy groups -OCH3 is 1. The molecule has 0 radical (unpaired) electrons. The van der Waals surface area contributed by atoms with Crippen LogP contribution in [0, 0.1) is 0 Å². The van der Waals surface area contributed by atoms with Crippen LogP contribution in [0.5, 0.6) is 11.5 Å². The summed E-state index contributed by atoms with van der Waals surface area (Å²) >= 11 is 0. The van der Waals surface area contributed by atoms with Crippen LogP contribution in [-0.4, -0.2) is 64.7 Å². The smallest absolute Gasteiger partial charge is 0.292 e. The Kier molecular flexibility index (Phi) is 9.73. The van der Waals surface area contributed by atoms with E-state index in [1.54, 1.807) is 30.2 Å². The van der Waals surface area contributed by atoms with E-state index in [1.165, 1.54) is 0 Å². The highest BCUT2D eigenvalue weighted by molar-refractivity contribution is 6.04. The minimum Gasteiger partial charge on any atom is -0.463 e. The van der Waals surface area contributed by atoms with Crippen LogP contribution in [0.3, 0.4) is 0 Å². The first-order valence-corrected chi connectivity index (χ1v) is 10.3. The Morgan fingerprint density at radius 2 is 2.00 bits per heavy atom. The number of hydrogen-bond acceptors (Lipinski definition) is 6. The number of rotatable bonds is 11. The van der Waals surface area contributed by atoms with Crippen LogP contribution in [0.4, 0.5) is 0 Å². The van der Waals surface area contributed by atoms with Crippen molar-refractivity contribution in [2.45, 2.75) is 39.7 Å². The van der Waals surface area contributed by atoms with Crippen molar-refractivity contribution in [2.24, 2.45) is 4.99 Å². The second-order valence-electron chi connectivity index (χ2n) is 7.00. The topological polar surface area (TPSA) is 82.8 Å². The first-order chi connectivity index (χ1) is 14.1. The van der Waals surface area contributed by atoms with Crippen molar-refractivity contribution < 1.29 is 28.6 Å². The molecule has 1 heterocycles. The van der Waals surface area contributed by atoms with Gasteiger partial charge < -0.3 is 23.8 Å². The molecule has 0 unspecified atom stereocenters. The van der Waals surface area contributed by atoms with Crippen LogP contribution in [0.1, 0.15) is 44.0 Å². The molecular formula is C21H34N3O5+. The molecule has 1 aromatic rings. The zero-order chi connectivity index (χ0) is 21.1. The molecule has 0 spiro atoms. The van der Waals surface area contributed by atoms with E-state index in [0.29, 0.717) is 30.3 Å². The minimum absolute atomic E-state index is 0.0413. The number of amidine groups is 1. The van der Waals surface area contributed by atoms with Crippen LogP contribution in [0.15, 0.2) is 23.2 Å². The van der Waals surface area contributed by atoms with Gasteiger partial charge in [0.25, 0.3) is 11.9 Å². The molecule has 1 aliphatic rings. The highest BCUT2D eigenvalue weighted by Gasteiger charge is 2.18. The SMILES string of the molecule is CC[NH+](CC)CCC[C@H](C)N=C(NC(=O)c1ccc2c(c1)OCO2)OCCOC. The molecule has 8 heteroatoms. The summed E-state index contributed by atoms with van der Waals surface area (Å²) in [5.74, 6) is 0.888. The summed E-state index contributed by atoms with van der Waals surface area (Å²) < 4.78 is 21.3. The fourth-order valence-corrected chi connectivity index (χ4v) is 3.05. The van der Waals surface area contributed by atoms with E-state index in [9.17, 15) is 4.79 Å². The number of quaternary nitrogens is 1. The number of aliphatic imine (C=N–C) groups is 1. The van der Waals surface area contributed by atoms with Crippen molar-refractivity contribution >= 4 is 11.9 Å². The maximum atomic E-state index is 12.6. The van der Waals surface area contributed by atoms with E-state index >= 15 is 0 Å². The Labute approximate surface area is 173 Å². The van der Waals surface area contributed by atoms with Gasteiger partial charge in [-0.15, -0.1) is 0 Å². The van der Waals surface area contributed by atoms with E-state index in [-0.39, 0.29) is 24.8 Å². The molecule has 1 aromatic carbocycles. The highest BCUT2D eigenvalue weighted by Crippen LogP contribution is 2.32. The summed E-state index contributed by atoms with van der Waals surface area (Å²) in [4.78, 5) is 18.8. The van der Waals surface area contributed by atoms with Gasteiger partial charge in [0.15, 0.2) is 11.5 Å². The van der Waals surface area contributed by atoms with E-state index in [1.807, 2.05) is 6.92 Å². The Morgan fingerprint density at radius 1 is 1.24 bits per heavy atom. The van der Waals surface area contributed by atoms with E-state index in [2.05, 4.69) is 24.2 Å². The lowest BCUT2D eigenvalue weighted by Gasteiger charge is -2.16. The molecule has 0 saturated carbocycles. The number of nitrogens with one attached hydrogen (secondary N) is 2. The predicted molar refractivity (Wildman–Crippen MR) is 111 cm³/mol. The summed E-state index contributed by atoms with van der Waals surface area (Å²) in [6.07, 6.45) is 2.00. The van der Waals surface area contributed by atoms with Crippen molar-refractivity contribution in [3.8, 4) is 11.5 Å². The molecular weight excluding hydrogens is 374 g/mol. The van der Waals surface area contributed by atoms with Gasteiger partial charge in [-0.3, -0.25) is 10.1 Å². The van der Waals surface area contributed by atoms with Crippen molar-refractivity contribution in [3.05, 3.63) is 23.8 Å². The number of carbonyl (C=O) groups is 1. The van der Waals surface area contributed by atoms with E-state index < -0.39 is 0 Å². The van der Waals surface area contributed by atoms with Gasteiger partial charge in [0.1, 0.15) is 6.61 Å². The molecule has 162 valence electrons. The Morgan fingerprint density at radius 3 is 2.72 bits per heavy atom. The second kappa shape index (κ2) is 12.3. The molecule has 0 fully saturated rings. The number of benzene rings is 1. The maximum absolute atomic E-state index is 12.6. The number of fused-ring (bicyclic) bond motifs is 1. The lowest BCUT2D eigenvalue weighted by atomic mass is 10.2. The van der Waals surface area contributed by atoms with Gasteiger partial charge in [-0.2, -0.15) is 0 Å². The zero-order valence-electron chi connectivity index (χ0n) is 18.0. The number of hydrogen-bond donors (Lipinski definition) is 2. The summed E-state index contributed by atoms with van der Waals surface area (Å²) in [5, 5.41) is 2.77. The van der Waals surface area contributed by atoms with Gasteiger partial charge in [-0.05, 0) is 51.8 Å².